The quantitative estimate of drug-likeness (QED) is 0.846. The van der Waals surface area contributed by atoms with Crippen LogP contribution in [0.2, 0.25) is 0 Å². The molecule has 1 aliphatic rings. The first-order valence-electron chi connectivity index (χ1n) is 6.82. The van der Waals surface area contributed by atoms with Gasteiger partial charge in [0.05, 0.1) is 7.11 Å². The van der Waals surface area contributed by atoms with Gasteiger partial charge in [-0.25, -0.2) is 0 Å². The third kappa shape index (κ3) is 3.40. The summed E-state index contributed by atoms with van der Waals surface area (Å²) in [5, 5.41) is 6.83. The number of thiocarbonyl (C=S) groups is 1. The number of rotatable bonds is 4. The van der Waals surface area contributed by atoms with E-state index in [-0.39, 0.29) is 6.79 Å². The number of anilines is 1. The van der Waals surface area contributed by atoms with E-state index in [2.05, 4.69) is 10.6 Å². The summed E-state index contributed by atoms with van der Waals surface area (Å²) in [6.45, 7) is 0.880. The van der Waals surface area contributed by atoms with Gasteiger partial charge in [-0.2, -0.15) is 0 Å². The molecule has 0 atom stereocenters. The van der Waals surface area contributed by atoms with E-state index >= 15 is 0 Å². The zero-order chi connectivity index (χ0) is 15.4. The molecule has 0 saturated heterocycles. The van der Waals surface area contributed by atoms with Gasteiger partial charge in [-0.05, 0) is 42.0 Å². The molecule has 1 aliphatic heterocycles. The highest BCUT2D eigenvalue weighted by molar-refractivity contribution is 7.80. The van der Waals surface area contributed by atoms with Crippen molar-refractivity contribution in [3.05, 3.63) is 48.0 Å². The largest absolute Gasteiger partial charge is 0.497 e. The summed E-state index contributed by atoms with van der Waals surface area (Å²) >= 11 is 5.30. The Balaban J connectivity index is 1.56. The van der Waals surface area contributed by atoms with Crippen LogP contribution in [0.15, 0.2) is 42.5 Å². The third-order valence-corrected chi connectivity index (χ3v) is 3.46. The predicted octanol–water partition coefficient (Wildman–Crippen LogP) is 2.91. The van der Waals surface area contributed by atoms with Gasteiger partial charge in [0.2, 0.25) is 6.79 Å². The molecule has 0 saturated carbocycles. The number of fused-ring (bicyclic) bond motifs is 1. The van der Waals surface area contributed by atoms with Crippen LogP contribution in [0.3, 0.4) is 0 Å². The van der Waals surface area contributed by atoms with Gasteiger partial charge < -0.3 is 24.8 Å². The van der Waals surface area contributed by atoms with Gasteiger partial charge in [0.1, 0.15) is 5.75 Å². The van der Waals surface area contributed by atoms with E-state index in [4.69, 9.17) is 26.4 Å². The Hall–Kier alpha value is -2.47. The van der Waals surface area contributed by atoms with Crippen molar-refractivity contribution in [2.24, 2.45) is 0 Å². The molecule has 0 spiro atoms. The Morgan fingerprint density at radius 3 is 2.91 bits per heavy atom. The van der Waals surface area contributed by atoms with Crippen LogP contribution in [0.4, 0.5) is 5.69 Å². The highest BCUT2D eigenvalue weighted by Gasteiger charge is 2.13. The van der Waals surface area contributed by atoms with Crippen LogP contribution in [-0.2, 0) is 6.54 Å². The van der Waals surface area contributed by atoms with Crippen LogP contribution in [0.5, 0.6) is 17.2 Å². The van der Waals surface area contributed by atoms with Crippen LogP contribution < -0.4 is 24.8 Å². The van der Waals surface area contributed by atoms with Gasteiger partial charge in [0.15, 0.2) is 16.6 Å². The lowest BCUT2D eigenvalue weighted by atomic mass is 10.2. The second-order valence-corrected chi connectivity index (χ2v) is 5.14. The average molecular weight is 316 g/mol. The summed E-state index contributed by atoms with van der Waals surface area (Å²) < 4.78 is 15.8. The number of hydrogen-bond acceptors (Lipinski definition) is 4. The Morgan fingerprint density at radius 2 is 2.05 bits per heavy atom. The van der Waals surface area contributed by atoms with E-state index in [0.29, 0.717) is 11.7 Å². The highest BCUT2D eigenvalue weighted by Crippen LogP contribution is 2.34. The van der Waals surface area contributed by atoms with Crippen molar-refractivity contribution in [3.8, 4) is 17.2 Å². The lowest BCUT2D eigenvalue weighted by Crippen LogP contribution is -2.27. The highest BCUT2D eigenvalue weighted by atomic mass is 32.1. The van der Waals surface area contributed by atoms with Crippen LogP contribution >= 0.6 is 12.2 Å². The summed E-state index contributed by atoms with van der Waals surface area (Å²) in [7, 11) is 1.65. The van der Waals surface area contributed by atoms with Crippen LogP contribution in [0.25, 0.3) is 0 Å². The number of nitrogens with one attached hydrogen (secondary N) is 2. The second kappa shape index (κ2) is 6.53. The standard InChI is InChI=1S/C16H16N2O3S/c1-19-13-4-2-3-11(7-13)9-17-16(22)18-12-5-6-14-15(8-12)21-10-20-14/h2-8H,9-10H2,1H3,(H2,17,18,22). The molecule has 0 radical (unpaired) electrons. The normalized spacial score (nSPS) is 11.9. The molecule has 2 aromatic carbocycles. The number of benzene rings is 2. The molecule has 2 aromatic rings. The minimum atomic E-state index is 0.261. The van der Waals surface area contributed by atoms with E-state index < -0.39 is 0 Å². The molecular weight excluding hydrogens is 300 g/mol. The molecule has 0 unspecified atom stereocenters. The van der Waals surface area contributed by atoms with Gasteiger partial charge in [-0.3, -0.25) is 0 Å². The first-order chi connectivity index (χ1) is 10.7. The van der Waals surface area contributed by atoms with Gasteiger partial charge in [0.25, 0.3) is 0 Å². The lowest BCUT2D eigenvalue weighted by molar-refractivity contribution is 0.174. The third-order valence-electron chi connectivity index (χ3n) is 3.22. The van der Waals surface area contributed by atoms with Crippen molar-refractivity contribution < 1.29 is 14.2 Å². The molecule has 0 aromatic heterocycles. The topological polar surface area (TPSA) is 51.8 Å². The van der Waals surface area contributed by atoms with E-state index in [1.54, 1.807) is 7.11 Å². The summed E-state index contributed by atoms with van der Waals surface area (Å²) in [6.07, 6.45) is 0. The number of ether oxygens (including phenoxy) is 3. The Morgan fingerprint density at radius 1 is 1.18 bits per heavy atom. The van der Waals surface area contributed by atoms with Gasteiger partial charge in [-0.1, -0.05) is 12.1 Å². The first kappa shape index (κ1) is 14.5. The molecule has 22 heavy (non-hydrogen) atoms. The van der Waals surface area contributed by atoms with Gasteiger partial charge >= 0.3 is 0 Å². The predicted molar refractivity (Wildman–Crippen MR) is 88.6 cm³/mol. The summed E-state index contributed by atoms with van der Waals surface area (Å²) in [6, 6.07) is 13.5. The summed E-state index contributed by atoms with van der Waals surface area (Å²) in [5.41, 5.74) is 1.95. The molecule has 5 nitrogen and oxygen atoms in total. The Bertz CT molecular complexity index is 691. The molecule has 0 bridgehead atoms. The van der Waals surface area contributed by atoms with E-state index in [1.165, 1.54) is 0 Å². The number of hydrogen-bond donors (Lipinski definition) is 2. The summed E-state index contributed by atoms with van der Waals surface area (Å²) in [5.74, 6) is 2.30. The number of methoxy groups -OCH3 is 1. The maximum Gasteiger partial charge on any atom is 0.231 e. The molecule has 2 N–H and O–H groups in total. The van der Waals surface area contributed by atoms with Crippen molar-refractivity contribution >= 4 is 23.0 Å². The smallest absolute Gasteiger partial charge is 0.231 e. The van der Waals surface area contributed by atoms with Crippen LogP contribution in [0.1, 0.15) is 5.56 Å². The fourth-order valence-corrected chi connectivity index (χ4v) is 2.30. The fourth-order valence-electron chi connectivity index (χ4n) is 2.11. The van der Waals surface area contributed by atoms with Gasteiger partial charge in [-0.15, -0.1) is 0 Å². The molecule has 0 amide bonds. The minimum Gasteiger partial charge on any atom is -0.497 e. The summed E-state index contributed by atoms with van der Waals surface area (Å²) in [4.78, 5) is 0. The van der Waals surface area contributed by atoms with Crippen LogP contribution in [0, 0.1) is 0 Å². The molecule has 1 heterocycles. The molecule has 6 heteroatoms. The average Bonchev–Trinajstić information content (AvgIpc) is 3.01. The van der Waals surface area contributed by atoms with E-state index in [0.717, 1.165) is 28.5 Å². The van der Waals surface area contributed by atoms with Crippen molar-refractivity contribution in [2.75, 3.05) is 19.2 Å². The molecule has 3 rings (SSSR count). The zero-order valence-electron chi connectivity index (χ0n) is 12.1. The maximum atomic E-state index is 5.34. The Kier molecular flexibility index (Phi) is 4.29. The van der Waals surface area contributed by atoms with E-state index in [9.17, 15) is 0 Å². The SMILES string of the molecule is COc1cccc(CNC(=S)Nc2ccc3c(c2)OCO3)c1. The molecular formula is C16H16N2O3S. The second-order valence-electron chi connectivity index (χ2n) is 4.73. The molecule has 114 valence electrons. The van der Waals surface area contributed by atoms with Crippen molar-refractivity contribution in [1.82, 2.24) is 5.32 Å². The van der Waals surface area contributed by atoms with E-state index in [1.807, 2.05) is 42.5 Å². The maximum absolute atomic E-state index is 5.34. The van der Waals surface area contributed by atoms with Crippen molar-refractivity contribution in [2.45, 2.75) is 6.54 Å². The molecule has 0 aliphatic carbocycles. The monoisotopic (exact) mass is 316 g/mol. The minimum absolute atomic E-state index is 0.261. The molecule has 0 fully saturated rings. The van der Waals surface area contributed by atoms with Crippen molar-refractivity contribution in [3.63, 3.8) is 0 Å². The lowest BCUT2D eigenvalue weighted by Gasteiger charge is -2.11. The van der Waals surface area contributed by atoms with Gasteiger partial charge in [0, 0.05) is 18.3 Å². The first-order valence-corrected chi connectivity index (χ1v) is 7.23. The van der Waals surface area contributed by atoms with Crippen molar-refractivity contribution in [1.29, 1.82) is 0 Å². The zero-order valence-corrected chi connectivity index (χ0v) is 12.9. The fraction of sp³-hybridized carbons (Fsp3) is 0.188. The van der Waals surface area contributed by atoms with Crippen LogP contribution in [-0.4, -0.2) is 19.0 Å². The Labute approximate surface area is 134 Å².